The van der Waals surface area contributed by atoms with E-state index in [-0.39, 0.29) is 12.1 Å². The van der Waals surface area contributed by atoms with Crippen LogP contribution in [-0.4, -0.2) is 39.7 Å². The first-order valence-electron chi connectivity index (χ1n) is 5.44. The lowest BCUT2D eigenvalue weighted by atomic mass is 10.00. The van der Waals surface area contributed by atoms with Crippen LogP contribution in [0.3, 0.4) is 0 Å². The van der Waals surface area contributed by atoms with Crippen molar-refractivity contribution in [1.82, 2.24) is 15.5 Å². The first kappa shape index (κ1) is 12.3. The van der Waals surface area contributed by atoms with Gasteiger partial charge in [0.05, 0.1) is 6.61 Å². The number of nitrogens with one attached hydrogen (secondary N) is 1. The van der Waals surface area contributed by atoms with Gasteiger partial charge in [-0.25, -0.2) is 0 Å². The van der Waals surface area contributed by atoms with E-state index in [9.17, 15) is 5.11 Å². The van der Waals surface area contributed by atoms with E-state index in [1.165, 1.54) is 0 Å². The normalized spacial score (nSPS) is 29.8. The Labute approximate surface area is 104 Å². The summed E-state index contributed by atoms with van der Waals surface area (Å²) in [6.07, 6.45) is 3.17. The Kier molecular flexibility index (Phi) is 3.84. The van der Waals surface area contributed by atoms with Gasteiger partial charge in [-0.15, -0.1) is 10.2 Å². The molecule has 0 spiro atoms. The average molecular weight is 259 g/mol. The van der Waals surface area contributed by atoms with Crippen LogP contribution in [0, 0.1) is 6.92 Å². The van der Waals surface area contributed by atoms with Gasteiger partial charge >= 0.3 is 0 Å². The molecule has 2 unspecified atom stereocenters. The molecular formula is C10H17N3OS2. The molecule has 1 heterocycles. The summed E-state index contributed by atoms with van der Waals surface area (Å²) in [5, 5.41) is 22.4. The number of aliphatic hydroxyl groups is 1. The second-order valence-corrected chi connectivity index (χ2v) is 6.99. The third-order valence-corrected chi connectivity index (χ3v) is 5.36. The molecule has 0 saturated heterocycles. The Morgan fingerprint density at radius 1 is 1.62 bits per heavy atom. The van der Waals surface area contributed by atoms with Gasteiger partial charge in [-0.2, -0.15) is 0 Å². The van der Waals surface area contributed by atoms with Gasteiger partial charge in [-0.05, 0) is 33.2 Å². The molecule has 1 saturated carbocycles. The van der Waals surface area contributed by atoms with Crippen molar-refractivity contribution in [3.63, 3.8) is 0 Å². The maximum Gasteiger partial charge on any atom is 0.174 e. The summed E-state index contributed by atoms with van der Waals surface area (Å²) in [6.45, 7) is 2.19. The summed E-state index contributed by atoms with van der Waals surface area (Å²) in [5.41, 5.74) is -0.0720. The van der Waals surface area contributed by atoms with E-state index in [2.05, 4.69) is 15.5 Å². The van der Waals surface area contributed by atoms with Crippen LogP contribution in [0.4, 0.5) is 0 Å². The Morgan fingerprint density at radius 3 is 2.94 bits per heavy atom. The van der Waals surface area contributed by atoms with E-state index < -0.39 is 0 Å². The van der Waals surface area contributed by atoms with Gasteiger partial charge in [-0.3, -0.25) is 0 Å². The number of hydrogen-bond donors (Lipinski definition) is 2. The number of thioether (sulfide) groups is 1. The minimum Gasteiger partial charge on any atom is -0.394 e. The van der Waals surface area contributed by atoms with Gasteiger partial charge in [0.25, 0.3) is 0 Å². The molecule has 0 aromatic carbocycles. The molecular weight excluding hydrogens is 242 g/mol. The predicted octanol–water partition coefficient (Wildman–Crippen LogP) is 1.44. The molecule has 90 valence electrons. The molecule has 1 aliphatic carbocycles. The largest absolute Gasteiger partial charge is 0.394 e. The van der Waals surface area contributed by atoms with E-state index in [1.54, 1.807) is 23.1 Å². The van der Waals surface area contributed by atoms with Crippen molar-refractivity contribution < 1.29 is 5.11 Å². The zero-order chi connectivity index (χ0) is 11.6. The number of rotatable bonds is 4. The van der Waals surface area contributed by atoms with Crippen molar-refractivity contribution in [3.05, 3.63) is 5.01 Å². The molecule has 0 aliphatic heterocycles. The maximum atomic E-state index is 9.41. The van der Waals surface area contributed by atoms with Crippen LogP contribution in [0.1, 0.15) is 24.3 Å². The van der Waals surface area contributed by atoms with Crippen LogP contribution >= 0.6 is 23.1 Å². The topological polar surface area (TPSA) is 58.0 Å². The zero-order valence-electron chi connectivity index (χ0n) is 9.56. The van der Waals surface area contributed by atoms with Crippen molar-refractivity contribution in [3.8, 4) is 0 Å². The number of hydrogen-bond acceptors (Lipinski definition) is 6. The smallest absolute Gasteiger partial charge is 0.174 e. The monoisotopic (exact) mass is 259 g/mol. The van der Waals surface area contributed by atoms with Crippen LogP contribution in [0.15, 0.2) is 4.34 Å². The summed E-state index contributed by atoms with van der Waals surface area (Å²) >= 11 is 3.45. The minimum absolute atomic E-state index is 0.0720. The molecule has 1 aromatic rings. The molecule has 2 rings (SSSR count). The van der Waals surface area contributed by atoms with Crippen LogP contribution in [0.5, 0.6) is 0 Å². The number of aliphatic hydroxyl groups excluding tert-OH is 1. The SMILES string of the molecule is CNC1(CO)CCC(Sc2nnc(C)s2)C1. The standard InChI is InChI=1S/C10H17N3OS2/c1-7-12-13-9(15-7)16-8-3-4-10(5-8,6-14)11-2/h8,11,14H,3-6H2,1-2H3. The number of aryl methyl sites for hydroxylation is 1. The lowest BCUT2D eigenvalue weighted by Crippen LogP contribution is -2.44. The zero-order valence-corrected chi connectivity index (χ0v) is 11.2. The summed E-state index contributed by atoms with van der Waals surface area (Å²) in [6, 6.07) is 0. The first-order chi connectivity index (χ1) is 7.67. The van der Waals surface area contributed by atoms with Gasteiger partial charge < -0.3 is 10.4 Å². The van der Waals surface area contributed by atoms with E-state index >= 15 is 0 Å². The second-order valence-electron chi connectivity index (χ2n) is 4.26. The second kappa shape index (κ2) is 5.00. The van der Waals surface area contributed by atoms with Crippen LogP contribution < -0.4 is 5.32 Å². The quantitative estimate of drug-likeness (QED) is 0.857. The molecule has 1 fully saturated rings. The molecule has 0 bridgehead atoms. The molecule has 6 heteroatoms. The highest BCUT2D eigenvalue weighted by atomic mass is 32.2. The summed E-state index contributed by atoms with van der Waals surface area (Å²) in [5.74, 6) is 0. The fraction of sp³-hybridized carbons (Fsp3) is 0.800. The molecule has 2 N–H and O–H groups in total. The minimum atomic E-state index is -0.0720. The van der Waals surface area contributed by atoms with Gasteiger partial charge in [0.15, 0.2) is 4.34 Å². The van der Waals surface area contributed by atoms with Crippen LogP contribution in [0.2, 0.25) is 0 Å². The van der Waals surface area contributed by atoms with Gasteiger partial charge in [0.2, 0.25) is 0 Å². The Hall–Kier alpha value is -0.170. The number of likely N-dealkylation sites (N-methyl/N-ethyl adjacent to an activating group) is 1. The van der Waals surface area contributed by atoms with E-state index in [1.807, 2.05) is 14.0 Å². The Bertz CT molecular complexity index is 352. The summed E-state index contributed by atoms with van der Waals surface area (Å²) in [4.78, 5) is 0. The third-order valence-electron chi connectivity index (χ3n) is 3.17. The fourth-order valence-electron chi connectivity index (χ4n) is 2.10. The van der Waals surface area contributed by atoms with E-state index in [0.717, 1.165) is 28.6 Å². The first-order valence-corrected chi connectivity index (χ1v) is 7.13. The van der Waals surface area contributed by atoms with Crippen LogP contribution in [-0.2, 0) is 0 Å². The lowest BCUT2D eigenvalue weighted by Gasteiger charge is -2.26. The fourth-order valence-corrected chi connectivity index (χ4v) is 4.49. The molecule has 1 aromatic heterocycles. The Morgan fingerprint density at radius 2 is 2.44 bits per heavy atom. The van der Waals surface area contributed by atoms with Crippen molar-refractivity contribution in [2.75, 3.05) is 13.7 Å². The molecule has 1 aliphatic rings. The van der Waals surface area contributed by atoms with Crippen molar-refractivity contribution in [2.45, 2.75) is 41.3 Å². The van der Waals surface area contributed by atoms with Gasteiger partial charge in [0.1, 0.15) is 5.01 Å². The number of aromatic nitrogens is 2. The highest BCUT2D eigenvalue weighted by Gasteiger charge is 2.38. The molecule has 0 amide bonds. The average Bonchev–Trinajstić information content (AvgIpc) is 2.87. The van der Waals surface area contributed by atoms with Gasteiger partial charge in [0, 0.05) is 10.8 Å². The molecule has 2 atom stereocenters. The van der Waals surface area contributed by atoms with Crippen molar-refractivity contribution in [2.24, 2.45) is 0 Å². The highest BCUT2D eigenvalue weighted by Crippen LogP contribution is 2.40. The van der Waals surface area contributed by atoms with Crippen molar-refractivity contribution in [1.29, 1.82) is 0 Å². The summed E-state index contributed by atoms with van der Waals surface area (Å²) < 4.78 is 1.05. The van der Waals surface area contributed by atoms with E-state index in [0.29, 0.717) is 5.25 Å². The summed E-state index contributed by atoms with van der Waals surface area (Å²) in [7, 11) is 1.93. The lowest BCUT2D eigenvalue weighted by molar-refractivity contribution is 0.173. The van der Waals surface area contributed by atoms with Gasteiger partial charge in [-0.1, -0.05) is 23.1 Å². The van der Waals surface area contributed by atoms with Crippen molar-refractivity contribution >= 4 is 23.1 Å². The Balaban J connectivity index is 1.94. The third kappa shape index (κ3) is 2.56. The molecule has 16 heavy (non-hydrogen) atoms. The maximum absolute atomic E-state index is 9.41. The molecule has 4 nitrogen and oxygen atoms in total. The predicted molar refractivity (Wildman–Crippen MR) is 67.0 cm³/mol. The molecule has 0 radical (unpaired) electrons. The number of nitrogens with zero attached hydrogens (tertiary/aromatic N) is 2. The van der Waals surface area contributed by atoms with E-state index in [4.69, 9.17) is 0 Å². The van der Waals surface area contributed by atoms with Crippen LogP contribution in [0.25, 0.3) is 0 Å². The highest BCUT2D eigenvalue weighted by molar-refractivity contribution is 8.01.